The van der Waals surface area contributed by atoms with Crippen LogP contribution in [0.2, 0.25) is 0 Å². The molecule has 3 heterocycles. The van der Waals surface area contributed by atoms with Crippen molar-refractivity contribution < 1.29 is 4.79 Å². The van der Waals surface area contributed by atoms with Crippen molar-refractivity contribution in [2.75, 3.05) is 13.1 Å². The van der Waals surface area contributed by atoms with Gasteiger partial charge in [-0.2, -0.15) is 4.37 Å². The van der Waals surface area contributed by atoms with Crippen LogP contribution in [0, 0.1) is 19.8 Å². The standard InChI is InChI=1S/C16H22N4OS2/c1-10-7-13(23-20-10)9-18-16(21)15-11(2)19-14(22-15)8-12-3-5-17-6-4-12/h7,12,17H,3-6,8-9H2,1-2H3,(H,18,21). The summed E-state index contributed by atoms with van der Waals surface area (Å²) in [6.45, 7) is 6.61. The fourth-order valence-corrected chi connectivity index (χ4v) is 4.60. The minimum atomic E-state index is -0.0254. The molecule has 0 aromatic carbocycles. The van der Waals surface area contributed by atoms with Crippen LogP contribution in [0.3, 0.4) is 0 Å². The number of aryl methyl sites for hydroxylation is 2. The van der Waals surface area contributed by atoms with E-state index < -0.39 is 0 Å². The molecule has 1 saturated heterocycles. The van der Waals surface area contributed by atoms with Crippen LogP contribution in [0.1, 0.15) is 43.8 Å². The van der Waals surface area contributed by atoms with E-state index in [4.69, 9.17) is 0 Å². The highest BCUT2D eigenvalue weighted by Crippen LogP contribution is 2.24. The second-order valence-electron chi connectivity index (χ2n) is 6.04. The number of rotatable bonds is 5. The second-order valence-corrected chi connectivity index (χ2v) is 8.01. The number of thiazole rings is 1. The molecule has 2 N–H and O–H groups in total. The topological polar surface area (TPSA) is 66.9 Å². The van der Waals surface area contributed by atoms with E-state index in [2.05, 4.69) is 20.0 Å². The van der Waals surface area contributed by atoms with Gasteiger partial charge in [-0.15, -0.1) is 11.3 Å². The number of nitrogens with one attached hydrogen (secondary N) is 2. The maximum atomic E-state index is 12.4. The average molecular weight is 351 g/mol. The number of carbonyl (C=O) groups is 1. The Morgan fingerprint density at radius 1 is 1.39 bits per heavy atom. The Hall–Kier alpha value is -1.31. The van der Waals surface area contributed by atoms with Crippen molar-refractivity contribution in [1.82, 2.24) is 20.0 Å². The molecule has 7 heteroatoms. The fourth-order valence-electron chi connectivity index (χ4n) is 2.83. The first-order valence-electron chi connectivity index (χ1n) is 7.99. The van der Waals surface area contributed by atoms with Crippen LogP contribution < -0.4 is 10.6 Å². The molecule has 0 spiro atoms. The Morgan fingerprint density at radius 2 is 2.17 bits per heavy atom. The summed E-state index contributed by atoms with van der Waals surface area (Å²) in [5.74, 6) is 0.667. The van der Waals surface area contributed by atoms with E-state index in [0.717, 1.165) is 45.7 Å². The summed E-state index contributed by atoms with van der Waals surface area (Å²) in [7, 11) is 0. The lowest BCUT2D eigenvalue weighted by Crippen LogP contribution is -2.28. The minimum absolute atomic E-state index is 0.0254. The molecular formula is C16H22N4OS2. The maximum Gasteiger partial charge on any atom is 0.263 e. The highest BCUT2D eigenvalue weighted by atomic mass is 32.1. The summed E-state index contributed by atoms with van der Waals surface area (Å²) >= 11 is 2.98. The van der Waals surface area contributed by atoms with Gasteiger partial charge in [-0.25, -0.2) is 4.98 Å². The zero-order chi connectivity index (χ0) is 16.2. The van der Waals surface area contributed by atoms with E-state index >= 15 is 0 Å². The summed E-state index contributed by atoms with van der Waals surface area (Å²) in [6, 6.07) is 2.01. The number of aromatic nitrogens is 2. The van der Waals surface area contributed by atoms with Crippen LogP contribution >= 0.6 is 22.9 Å². The van der Waals surface area contributed by atoms with Crippen molar-refractivity contribution in [2.45, 2.75) is 39.7 Å². The van der Waals surface area contributed by atoms with Gasteiger partial charge in [-0.3, -0.25) is 4.79 Å². The maximum absolute atomic E-state index is 12.4. The second kappa shape index (κ2) is 7.51. The van der Waals surface area contributed by atoms with E-state index in [1.807, 2.05) is 19.9 Å². The van der Waals surface area contributed by atoms with Crippen molar-refractivity contribution in [1.29, 1.82) is 0 Å². The molecular weight excluding hydrogens is 328 g/mol. The third kappa shape index (κ3) is 4.37. The molecule has 5 nitrogen and oxygen atoms in total. The zero-order valence-corrected chi connectivity index (χ0v) is 15.1. The lowest BCUT2D eigenvalue weighted by atomic mass is 9.95. The Kier molecular flexibility index (Phi) is 5.40. The molecule has 0 radical (unpaired) electrons. The summed E-state index contributed by atoms with van der Waals surface area (Å²) in [6.07, 6.45) is 3.39. The number of piperidine rings is 1. The Labute approximate surface area is 144 Å². The zero-order valence-electron chi connectivity index (χ0n) is 13.5. The highest BCUT2D eigenvalue weighted by Gasteiger charge is 2.19. The van der Waals surface area contributed by atoms with Crippen LogP contribution in [0.15, 0.2) is 6.07 Å². The van der Waals surface area contributed by atoms with Crippen LogP contribution in [0.4, 0.5) is 0 Å². The average Bonchev–Trinajstić information content (AvgIpc) is 3.12. The summed E-state index contributed by atoms with van der Waals surface area (Å²) < 4.78 is 4.23. The first-order valence-corrected chi connectivity index (χ1v) is 9.58. The molecule has 1 amide bonds. The van der Waals surface area contributed by atoms with Gasteiger partial charge < -0.3 is 10.6 Å². The predicted octanol–water partition coefficient (Wildman–Crippen LogP) is 2.69. The van der Waals surface area contributed by atoms with Gasteiger partial charge in [0.05, 0.1) is 22.9 Å². The lowest BCUT2D eigenvalue weighted by molar-refractivity contribution is 0.0954. The van der Waals surface area contributed by atoms with Crippen molar-refractivity contribution in [3.05, 3.63) is 32.2 Å². The van der Waals surface area contributed by atoms with Gasteiger partial charge in [0, 0.05) is 11.3 Å². The molecule has 1 aliphatic rings. The SMILES string of the molecule is Cc1cc(CNC(=O)c2sc(CC3CCNCC3)nc2C)sn1. The summed E-state index contributed by atoms with van der Waals surface area (Å²) in [4.78, 5) is 18.8. The number of hydrogen-bond acceptors (Lipinski definition) is 6. The summed E-state index contributed by atoms with van der Waals surface area (Å²) in [5.41, 5.74) is 1.84. The highest BCUT2D eigenvalue weighted by molar-refractivity contribution is 7.13. The van der Waals surface area contributed by atoms with Gasteiger partial charge in [0.25, 0.3) is 5.91 Å². The third-order valence-corrected chi connectivity index (χ3v) is 6.12. The van der Waals surface area contributed by atoms with Crippen LogP contribution in [0.5, 0.6) is 0 Å². The number of hydrogen-bond donors (Lipinski definition) is 2. The quantitative estimate of drug-likeness (QED) is 0.870. The summed E-state index contributed by atoms with van der Waals surface area (Å²) in [5, 5.41) is 7.45. The Balaban J connectivity index is 1.59. The molecule has 124 valence electrons. The van der Waals surface area contributed by atoms with Gasteiger partial charge >= 0.3 is 0 Å². The molecule has 2 aromatic heterocycles. The molecule has 0 unspecified atom stereocenters. The predicted molar refractivity (Wildman–Crippen MR) is 94.2 cm³/mol. The third-order valence-electron chi connectivity index (χ3n) is 4.07. The largest absolute Gasteiger partial charge is 0.346 e. The van der Waals surface area contributed by atoms with E-state index in [1.165, 1.54) is 24.4 Å². The fraction of sp³-hybridized carbons (Fsp3) is 0.562. The van der Waals surface area contributed by atoms with Crippen molar-refractivity contribution >= 4 is 28.8 Å². The van der Waals surface area contributed by atoms with Gasteiger partial charge in [0.1, 0.15) is 4.88 Å². The number of amides is 1. The molecule has 0 atom stereocenters. The molecule has 0 aliphatic carbocycles. The van der Waals surface area contributed by atoms with Crippen LogP contribution in [-0.4, -0.2) is 28.4 Å². The van der Waals surface area contributed by atoms with E-state index in [1.54, 1.807) is 11.3 Å². The van der Waals surface area contributed by atoms with E-state index in [0.29, 0.717) is 12.5 Å². The van der Waals surface area contributed by atoms with E-state index in [9.17, 15) is 4.79 Å². The molecule has 23 heavy (non-hydrogen) atoms. The smallest absolute Gasteiger partial charge is 0.263 e. The number of carbonyl (C=O) groups excluding carboxylic acids is 1. The van der Waals surface area contributed by atoms with Gasteiger partial charge in [-0.1, -0.05) is 0 Å². The number of nitrogens with zero attached hydrogens (tertiary/aromatic N) is 2. The van der Waals surface area contributed by atoms with Crippen LogP contribution in [-0.2, 0) is 13.0 Å². The monoisotopic (exact) mass is 350 g/mol. The normalized spacial score (nSPS) is 15.7. The molecule has 0 bridgehead atoms. The first kappa shape index (κ1) is 16.5. The van der Waals surface area contributed by atoms with Gasteiger partial charge in [0.15, 0.2) is 0 Å². The molecule has 2 aromatic rings. The van der Waals surface area contributed by atoms with Crippen molar-refractivity contribution in [3.63, 3.8) is 0 Å². The molecule has 3 rings (SSSR count). The lowest BCUT2D eigenvalue weighted by Gasteiger charge is -2.21. The van der Waals surface area contributed by atoms with Crippen molar-refractivity contribution in [2.24, 2.45) is 5.92 Å². The molecule has 0 saturated carbocycles. The van der Waals surface area contributed by atoms with Crippen LogP contribution in [0.25, 0.3) is 0 Å². The Morgan fingerprint density at radius 3 is 2.87 bits per heavy atom. The molecule has 1 aliphatic heterocycles. The van der Waals surface area contributed by atoms with Crippen molar-refractivity contribution in [3.8, 4) is 0 Å². The Bertz CT molecular complexity index is 673. The minimum Gasteiger partial charge on any atom is -0.346 e. The first-order chi connectivity index (χ1) is 11.1. The van der Waals surface area contributed by atoms with E-state index in [-0.39, 0.29) is 5.91 Å². The van der Waals surface area contributed by atoms with Gasteiger partial charge in [-0.05, 0) is 63.3 Å². The molecule has 1 fully saturated rings. The van der Waals surface area contributed by atoms with Gasteiger partial charge in [0.2, 0.25) is 0 Å².